The molecular weight excluding hydrogens is 276 g/mol. The van der Waals surface area contributed by atoms with Gasteiger partial charge in [-0.15, -0.1) is 11.3 Å². The van der Waals surface area contributed by atoms with E-state index in [4.69, 9.17) is 5.73 Å². The minimum absolute atomic E-state index is 0.618. The molecule has 0 unspecified atom stereocenters. The first-order chi connectivity index (χ1) is 9.28. The zero-order chi connectivity index (χ0) is 13.2. The van der Waals surface area contributed by atoms with E-state index in [1.807, 2.05) is 31.3 Å². The largest absolute Gasteiger partial charge is 0.330 e. The lowest BCUT2D eigenvalue weighted by atomic mass is 10.3. The summed E-state index contributed by atoms with van der Waals surface area (Å²) >= 11 is 3.27. The Balaban J connectivity index is 2.04. The first kappa shape index (κ1) is 12.7. The molecule has 0 aliphatic heterocycles. The summed E-state index contributed by atoms with van der Waals surface area (Å²) in [7, 11) is 0. The van der Waals surface area contributed by atoms with Gasteiger partial charge >= 0.3 is 0 Å². The second kappa shape index (κ2) is 5.32. The molecule has 0 aliphatic carbocycles. The fourth-order valence-electron chi connectivity index (χ4n) is 1.93. The van der Waals surface area contributed by atoms with E-state index >= 15 is 0 Å². The average Bonchev–Trinajstić information content (AvgIpc) is 2.96. The summed E-state index contributed by atoms with van der Waals surface area (Å²) in [6, 6.07) is 6.02. The lowest BCUT2D eigenvalue weighted by Crippen LogP contribution is -2.05. The molecule has 98 valence electrons. The summed E-state index contributed by atoms with van der Waals surface area (Å²) in [6.45, 7) is 2.62. The number of aromatic nitrogens is 3. The van der Waals surface area contributed by atoms with Crippen LogP contribution in [0.2, 0.25) is 0 Å². The lowest BCUT2D eigenvalue weighted by Gasteiger charge is -2.01. The highest BCUT2D eigenvalue weighted by atomic mass is 32.2. The van der Waals surface area contributed by atoms with Crippen LogP contribution in [-0.4, -0.2) is 20.9 Å². The summed E-state index contributed by atoms with van der Waals surface area (Å²) in [5, 5.41) is 3.06. The molecule has 2 N–H and O–H groups in total. The third-order valence-corrected chi connectivity index (χ3v) is 4.83. The molecule has 0 saturated carbocycles. The van der Waals surface area contributed by atoms with E-state index in [-0.39, 0.29) is 0 Å². The fourth-order valence-corrected chi connectivity index (χ4v) is 3.84. The van der Waals surface area contributed by atoms with Crippen molar-refractivity contribution in [1.82, 2.24) is 14.4 Å². The molecular formula is C13H14N4S2. The Hall–Kier alpha value is -1.37. The van der Waals surface area contributed by atoms with Crippen LogP contribution in [0.25, 0.3) is 5.65 Å². The number of nitrogens with two attached hydrogens (primary N) is 1. The first-order valence-corrected chi connectivity index (χ1v) is 7.73. The van der Waals surface area contributed by atoms with Gasteiger partial charge in [-0.1, -0.05) is 6.07 Å². The summed E-state index contributed by atoms with van der Waals surface area (Å²) in [4.78, 5) is 9.15. The van der Waals surface area contributed by atoms with Crippen molar-refractivity contribution in [1.29, 1.82) is 0 Å². The molecule has 0 spiro atoms. The zero-order valence-corrected chi connectivity index (χ0v) is 12.2. The van der Waals surface area contributed by atoms with Crippen LogP contribution in [-0.2, 0) is 6.42 Å². The molecule has 0 fully saturated rings. The predicted octanol–water partition coefficient (Wildman–Crippen LogP) is 2.75. The molecule has 0 aromatic carbocycles. The molecule has 0 atom stereocenters. The fraction of sp³-hybridized carbons (Fsp3) is 0.231. The quantitative estimate of drug-likeness (QED) is 0.802. The van der Waals surface area contributed by atoms with Gasteiger partial charge in [0.2, 0.25) is 0 Å². The highest BCUT2D eigenvalue weighted by molar-refractivity contribution is 8.01. The maximum atomic E-state index is 5.71. The number of hydrogen-bond acceptors (Lipinski definition) is 5. The van der Waals surface area contributed by atoms with E-state index in [1.165, 1.54) is 0 Å². The highest BCUT2D eigenvalue weighted by Gasteiger charge is 2.13. The second-order valence-corrected chi connectivity index (χ2v) is 6.28. The number of thiazole rings is 1. The van der Waals surface area contributed by atoms with Gasteiger partial charge in [-0.05, 0) is 37.4 Å². The molecule has 19 heavy (non-hydrogen) atoms. The van der Waals surface area contributed by atoms with Crippen LogP contribution in [0.15, 0.2) is 39.1 Å². The van der Waals surface area contributed by atoms with Crippen molar-refractivity contribution >= 4 is 28.7 Å². The molecule has 3 rings (SSSR count). The molecule has 3 heterocycles. The van der Waals surface area contributed by atoms with Gasteiger partial charge in [0.1, 0.15) is 10.7 Å². The Labute approximate surface area is 119 Å². The van der Waals surface area contributed by atoms with Crippen LogP contribution in [0, 0.1) is 6.92 Å². The zero-order valence-electron chi connectivity index (χ0n) is 10.5. The van der Waals surface area contributed by atoms with Gasteiger partial charge in [0.05, 0.1) is 5.69 Å². The van der Waals surface area contributed by atoms with Crippen molar-refractivity contribution in [2.24, 2.45) is 5.73 Å². The van der Waals surface area contributed by atoms with E-state index in [0.29, 0.717) is 6.54 Å². The smallest absolute Gasteiger partial charge is 0.156 e. The summed E-state index contributed by atoms with van der Waals surface area (Å²) in [5.74, 6) is 0. The van der Waals surface area contributed by atoms with Crippen molar-refractivity contribution < 1.29 is 0 Å². The van der Waals surface area contributed by atoms with E-state index in [1.54, 1.807) is 23.1 Å². The van der Waals surface area contributed by atoms with Gasteiger partial charge in [-0.25, -0.2) is 9.97 Å². The minimum atomic E-state index is 0.618. The third kappa shape index (κ3) is 2.51. The van der Waals surface area contributed by atoms with Crippen molar-refractivity contribution in [3.8, 4) is 0 Å². The number of hydrogen-bond donors (Lipinski definition) is 1. The van der Waals surface area contributed by atoms with Crippen LogP contribution in [0.5, 0.6) is 0 Å². The normalized spacial score (nSPS) is 11.3. The molecule has 3 aromatic heterocycles. The molecule has 0 radical (unpaired) electrons. The first-order valence-electron chi connectivity index (χ1n) is 6.04. The van der Waals surface area contributed by atoms with Crippen LogP contribution >= 0.6 is 23.1 Å². The van der Waals surface area contributed by atoms with E-state index in [2.05, 4.69) is 19.7 Å². The molecule has 0 aliphatic rings. The van der Waals surface area contributed by atoms with Crippen molar-refractivity contribution in [3.05, 3.63) is 41.2 Å². The molecule has 4 nitrogen and oxygen atoms in total. The summed E-state index contributed by atoms with van der Waals surface area (Å²) in [6.07, 6.45) is 2.85. The van der Waals surface area contributed by atoms with Crippen molar-refractivity contribution in [3.63, 3.8) is 0 Å². The highest BCUT2D eigenvalue weighted by Crippen LogP contribution is 2.32. The number of nitrogens with zero attached hydrogens (tertiary/aromatic N) is 3. The molecule has 0 saturated heterocycles. The van der Waals surface area contributed by atoms with Gasteiger partial charge in [-0.2, -0.15) is 0 Å². The Morgan fingerprint density at radius 2 is 2.26 bits per heavy atom. The number of pyridine rings is 1. The van der Waals surface area contributed by atoms with Gasteiger partial charge in [0, 0.05) is 23.7 Å². The maximum absolute atomic E-state index is 5.71. The van der Waals surface area contributed by atoms with E-state index in [0.717, 1.165) is 32.8 Å². The SMILES string of the molecule is Cc1csc(Sc2nc3ccccn3c2CCN)n1. The van der Waals surface area contributed by atoms with E-state index < -0.39 is 0 Å². The standard InChI is InChI=1S/C13H14N4S2/c1-9-8-18-13(15-9)19-12-10(5-6-14)17-7-3-2-4-11(17)16-12/h2-4,7-8H,5-6,14H2,1H3. The monoisotopic (exact) mass is 290 g/mol. The number of aryl methyl sites for hydroxylation is 1. The summed E-state index contributed by atoms with van der Waals surface area (Å²) < 4.78 is 3.13. The Bertz CT molecular complexity index is 702. The number of fused-ring (bicyclic) bond motifs is 1. The van der Waals surface area contributed by atoms with Crippen molar-refractivity contribution in [2.75, 3.05) is 6.54 Å². The topological polar surface area (TPSA) is 56.2 Å². The van der Waals surface area contributed by atoms with Crippen LogP contribution in [0.4, 0.5) is 0 Å². The second-order valence-electron chi connectivity index (χ2n) is 4.19. The van der Waals surface area contributed by atoms with Gasteiger partial charge in [-0.3, -0.25) is 0 Å². The Kier molecular flexibility index (Phi) is 3.54. The Morgan fingerprint density at radius 1 is 1.37 bits per heavy atom. The van der Waals surface area contributed by atoms with Crippen LogP contribution < -0.4 is 5.73 Å². The molecule has 0 amide bonds. The average molecular weight is 290 g/mol. The Morgan fingerprint density at radius 3 is 3.00 bits per heavy atom. The molecule has 0 bridgehead atoms. The molecule has 3 aromatic rings. The van der Waals surface area contributed by atoms with Gasteiger partial charge in [0.25, 0.3) is 0 Å². The maximum Gasteiger partial charge on any atom is 0.156 e. The van der Waals surface area contributed by atoms with Crippen LogP contribution in [0.1, 0.15) is 11.4 Å². The lowest BCUT2D eigenvalue weighted by molar-refractivity contribution is 0.876. The van der Waals surface area contributed by atoms with E-state index in [9.17, 15) is 0 Å². The third-order valence-electron chi connectivity index (χ3n) is 2.76. The van der Waals surface area contributed by atoms with Crippen molar-refractivity contribution in [2.45, 2.75) is 22.7 Å². The number of imidazole rings is 1. The van der Waals surface area contributed by atoms with Gasteiger partial charge < -0.3 is 10.1 Å². The summed E-state index contributed by atoms with van der Waals surface area (Å²) in [5.41, 5.74) is 8.89. The van der Waals surface area contributed by atoms with Crippen LogP contribution in [0.3, 0.4) is 0 Å². The number of rotatable bonds is 4. The molecule has 6 heteroatoms. The minimum Gasteiger partial charge on any atom is -0.330 e. The van der Waals surface area contributed by atoms with Gasteiger partial charge in [0.15, 0.2) is 4.34 Å². The predicted molar refractivity (Wildman–Crippen MR) is 78.9 cm³/mol.